The third-order valence-electron chi connectivity index (χ3n) is 3.50. The zero-order chi connectivity index (χ0) is 13.0. The number of carbonyl (C=O) groups excluding carboxylic acids is 1. The fraction of sp³-hybridized carbons (Fsp3) is 0.500. The Morgan fingerprint density at radius 2 is 1.94 bits per heavy atom. The summed E-state index contributed by atoms with van der Waals surface area (Å²) in [7, 11) is 0. The fourth-order valence-corrected chi connectivity index (χ4v) is 2.18. The molecule has 1 aromatic rings. The lowest BCUT2D eigenvalue weighted by atomic mass is 9.95. The summed E-state index contributed by atoms with van der Waals surface area (Å²) in [6, 6.07) is 6.25. The summed E-state index contributed by atoms with van der Waals surface area (Å²) in [6.45, 7) is 1.32. The number of nitrogens with one attached hydrogen (secondary N) is 1. The summed E-state index contributed by atoms with van der Waals surface area (Å²) in [5, 5.41) is 2.95. The van der Waals surface area contributed by atoms with Crippen LogP contribution in [0, 0.1) is 5.82 Å². The molecule has 4 heteroatoms. The minimum Gasteiger partial charge on any atom is -0.355 e. The highest BCUT2D eigenvalue weighted by Gasteiger charge is 2.50. The molecule has 3 N–H and O–H groups in total. The Balaban J connectivity index is 1.94. The van der Waals surface area contributed by atoms with Gasteiger partial charge in [0.25, 0.3) is 0 Å². The second kappa shape index (κ2) is 5.48. The van der Waals surface area contributed by atoms with Crippen molar-refractivity contribution in [1.82, 2.24) is 5.32 Å². The van der Waals surface area contributed by atoms with Crippen molar-refractivity contribution in [3.05, 3.63) is 35.6 Å². The van der Waals surface area contributed by atoms with Crippen LogP contribution in [-0.2, 0) is 10.2 Å². The topological polar surface area (TPSA) is 55.1 Å². The molecule has 0 aliphatic heterocycles. The summed E-state index contributed by atoms with van der Waals surface area (Å²) in [4.78, 5) is 12.1. The van der Waals surface area contributed by atoms with E-state index in [0.717, 1.165) is 31.2 Å². The van der Waals surface area contributed by atoms with Gasteiger partial charge >= 0.3 is 0 Å². The standard InChI is InChI=1S/C14H19FN2O/c15-12-5-3-11(4-6-12)14(7-8-14)13(18)17-10-2-1-9-16/h3-6H,1-2,7-10,16H2,(H,17,18). The molecule has 0 bridgehead atoms. The normalized spacial score (nSPS) is 16.3. The summed E-state index contributed by atoms with van der Waals surface area (Å²) in [6.07, 6.45) is 3.52. The first-order valence-electron chi connectivity index (χ1n) is 6.43. The average Bonchev–Trinajstić information content (AvgIpc) is 3.17. The summed E-state index contributed by atoms with van der Waals surface area (Å²) < 4.78 is 12.9. The molecule has 0 spiro atoms. The number of benzene rings is 1. The molecule has 1 aliphatic rings. The minimum absolute atomic E-state index is 0.0612. The van der Waals surface area contributed by atoms with Gasteiger partial charge < -0.3 is 11.1 Å². The van der Waals surface area contributed by atoms with Gasteiger partial charge in [-0.15, -0.1) is 0 Å². The van der Waals surface area contributed by atoms with Crippen LogP contribution in [-0.4, -0.2) is 19.0 Å². The second-order valence-corrected chi connectivity index (χ2v) is 4.84. The van der Waals surface area contributed by atoms with E-state index in [1.54, 1.807) is 12.1 Å². The molecule has 0 aromatic heterocycles. The van der Waals surface area contributed by atoms with E-state index >= 15 is 0 Å². The van der Waals surface area contributed by atoms with E-state index < -0.39 is 5.41 Å². The van der Waals surface area contributed by atoms with Crippen molar-refractivity contribution in [3.8, 4) is 0 Å². The lowest BCUT2D eigenvalue weighted by Gasteiger charge is -2.15. The molecule has 1 aromatic carbocycles. The summed E-state index contributed by atoms with van der Waals surface area (Å²) in [5.74, 6) is -0.205. The number of halogens is 1. The highest BCUT2D eigenvalue weighted by molar-refractivity contribution is 5.91. The molecular weight excluding hydrogens is 231 g/mol. The molecule has 0 radical (unpaired) electrons. The van der Waals surface area contributed by atoms with Crippen molar-refractivity contribution in [2.75, 3.05) is 13.1 Å². The molecule has 0 unspecified atom stereocenters. The molecule has 2 rings (SSSR count). The highest BCUT2D eigenvalue weighted by atomic mass is 19.1. The number of nitrogens with two attached hydrogens (primary N) is 1. The molecule has 98 valence electrons. The Hall–Kier alpha value is -1.42. The molecule has 3 nitrogen and oxygen atoms in total. The third kappa shape index (κ3) is 2.70. The van der Waals surface area contributed by atoms with Gasteiger partial charge in [0.2, 0.25) is 5.91 Å². The van der Waals surface area contributed by atoms with Gasteiger partial charge in [0.1, 0.15) is 5.82 Å². The number of hydrogen-bond donors (Lipinski definition) is 2. The van der Waals surface area contributed by atoms with Crippen LogP contribution in [0.1, 0.15) is 31.2 Å². The van der Waals surface area contributed by atoms with Crippen LogP contribution < -0.4 is 11.1 Å². The zero-order valence-electron chi connectivity index (χ0n) is 10.4. The van der Waals surface area contributed by atoms with Gasteiger partial charge in [-0.25, -0.2) is 4.39 Å². The van der Waals surface area contributed by atoms with Gasteiger partial charge in [-0.3, -0.25) is 4.79 Å². The average molecular weight is 250 g/mol. The van der Waals surface area contributed by atoms with Crippen LogP contribution >= 0.6 is 0 Å². The van der Waals surface area contributed by atoms with Crippen molar-refractivity contribution >= 4 is 5.91 Å². The molecule has 0 heterocycles. The van der Waals surface area contributed by atoms with Gasteiger partial charge in [-0.1, -0.05) is 12.1 Å². The Morgan fingerprint density at radius 3 is 2.50 bits per heavy atom. The van der Waals surface area contributed by atoms with Crippen LogP contribution in [0.5, 0.6) is 0 Å². The fourth-order valence-electron chi connectivity index (χ4n) is 2.18. The zero-order valence-corrected chi connectivity index (χ0v) is 10.4. The maximum Gasteiger partial charge on any atom is 0.230 e. The first-order valence-corrected chi connectivity index (χ1v) is 6.43. The van der Waals surface area contributed by atoms with Gasteiger partial charge in [0.05, 0.1) is 5.41 Å². The maximum absolute atomic E-state index is 12.9. The summed E-state index contributed by atoms with van der Waals surface area (Å²) in [5.41, 5.74) is 5.91. The highest BCUT2D eigenvalue weighted by Crippen LogP contribution is 2.48. The Labute approximate surface area is 107 Å². The summed E-state index contributed by atoms with van der Waals surface area (Å²) >= 11 is 0. The monoisotopic (exact) mass is 250 g/mol. The first kappa shape index (κ1) is 13.0. The van der Waals surface area contributed by atoms with Crippen LogP contribution in [0.15, 0.2) is 24.3 Å². The van der Waals surface area contributed by atoms with Crippen molar-refractivity contribution in [2.45, 2.75) is 31.1 Å². The minimum atomic E-state index is -0.406. The molecule has 0 saturated heterocycles. The van der Waals surface area contributed by atoms with E-state index in [9.17, 15) is 9.18 Å². The van der Waals surface area contributed by atoms with Crippen LogP contribution in [0.25, 0.3) is 0 Å². The lowest BCUT2D eigenvalue weighted by Crippen LogP contribution is -2.35. The number of amides is 1. The smallest absolute Gasteiger partial charge is 0.230 e. The van der Waals surface area contributed by atoms with E-state index in [1.807, 2.05) is 0 Å². The van der Waals surface area contributed by atoms with Gasteiger partial charge in [-0.05, 0) is 49.9 Å². The van der Waals surface area contributed by atoms with Crippen LogP contribution in [0.2, 0.25) is 0 Å². The number of carbonyl (C=O) groups is 1. The second-order valence-electron chi connectivity index (χ2n) is 4.84. The quantitative estimate of drug-likeness (QED) is 0.755. The molecule has 1 aliphatic carbocycles. The van der Waals surface area contributed by atoms with E-state index in [2.05, 4.69) is 5.32 Å². The number of hydrogen-bond acceptors (Lipinski definition) is 2. The molecule has 0 atom stereocenters. The SMILES string of the molecule is NCCCCNC(=O)C1(c2ccc(F)cc2)CC1. The molecule has 1 amide bonds. The van der Waals surface area contributed by atoms with Gasteiger partial charge in [0, 0.05) is 6.54 Å². The molecular formula is C14H19FN2O. The van der Waals surface area contributed by atoms with Crippen molar-refractivity contribution in [1.29, 1.82) is 0 Å². The predicted octanol–water partition coefficient (Wildman–Crippen LogP) is 1.71. The largest absolute Gasteiger partial charge is 0.355 e. The third-order valence-corrected chi connectivity index (χ3v) is 3.50. The van der Waals surface area contributed by atoms with Gasteiger partial charge in [0.15, 0.2) is 0 Å². The Morgan fingerprint density at radius 1 is 1.28 bits per heavy atom. The Kier molecular flexibility index (Phi) is 3.97. The van der Waals surface area contributed by atoms with Crippen LogP contribution in [0.4, 0.5) is 4.39 Å². The predicted molar refractivity (Wildman–Crippen MR) is 68.6 cm³/mol. The van der Waals surface area contributed by atoms with Crippen molar-refractivity contribution in [2.24, 2.45) is 5.73 Å². The Bertz CT molecular complexity index is 412. The lowest BCUT2D eigenvalue weighted by molar-refractivity contribution is -0.123. The number of unbranched alkanes of at least 4 members (excludes halogenated alkanes) is 1. The van der Waals surface area contributed by atoms with E-state index in [4.69, 9.17) is 5.73 Å². The van der Waals surface area contributed by atoms with E-state index in [1.165, 1.54) is 12.1 Å². The number of rotatable bonds is 6. The molecule has 18 heavy (non-hydrogen) atoms. The maximum atomic E-state index is 12.9. The first-order chi connectivity index (χ1) is 8.69. The molecule has 1 fully saturated rings. The van der Waals surface area contributed by atoms with Crippen LogP contribution in [0.3, 0.4) is 0 Å². The molecule has 1 saturated carbocycles. The van der Waals surface area contributed by atoms with E-state index in [0.29, 0.717) is 13.1 Å². The van der Waals surface area contributed by atoms with E-state index in [-0.39, 0.29) is 11.7 Å². The van der Waals surface area contributed by atoms with Crippen molar-refractivity contribution in [3.63, 3.8) is 0 Å². The van der Waals surface area contributed by atoms with Crippen molar-refractivity contribution < 1.29 is 9.18 Å². The van der Waals surface area contributed by atoms with Gasteiger partial charge in [-0.2, -0.15) is 0 Å².